The number of nitriles is 1. The molecular formula is C31H37N7O4S. The number of rotatable bonds is 9. The number of nitrogens with zero attached hydrogens (tertiary/aromatic N) is 6. The second-order valence-electron chi connectivity index (χ2n) is 11.8. The first kappa shape index (κ1) is 29.1. The molecule has 0 aromatic carbocycles. The minimum absolute atomic E-state index is 0.0404. The largest absolute Gasteiger partial charge is 0.486 e. The van der Waals surface area contributed by atoms with E-state index in [4.69, 9.17) is 29.7 Å². The number of pyridine rings is 1. The summed E-state index contributed by atoms with van der Waals surface area (Å²) in [6.45, 7) is 9.71. The van der Waals surface area contributed by atoms with Gasteiger partial charge in [0.1, 0.15) is 34.7 Å². The third-order valence-electron chi connectivity index (χ3n) is 8.97. The maximum atomic E-state index is 11.9. The second-order valence-corrected chi connectivity index (χ2v) is 13.0. The van der Waals surface area contributed by atoms with Gasteiger partial charge < -0.3 is 24.6 Å². The molecule has 1 aliphatic carbocycles. The van der Waals surface area contributed by atoms with Crippen molar-refractivity contribution in [2.24, 2.45) is 0 Å². The summed E-state index contributed by atoms with van der Waals surface area (Å²) in [6, 6.07) is 6.16. The molecule has 12 heteroatoms. The minimum atomic E-state index is -0.640. The summed E-state index contributed by atoms with van der Waals surface area (Å²) in [4.78, 5) is 26.7. The average molecular weight is 604 g/mol. The number of thiophene rings is 1. The van der Waals surface area contributed by atoms with Gasteiger partial charge in [0.05, 0.1) is 24.1 Å². The Hall–Kier alpha value is -3.95. The highest BCUT2D eigenvalue weighted by atomic mass is 32.1. The SMILES string of the molecule is C=CC(=O)N1CC(Oc2cc(O[C@@H](CC)[C@@H]3CCCN3C)nc(-c3noc([C@@]4(C)CCCc5sc(N)c(C#N)c54)n3)c2)C1. The van der Waals surface area contributed by atoms with Gasteiger partial charge in [-0.1, -0.05) is 18.7 Å². The molecule has 3 aromatic rings. The van der Waals surface area contributed by atoms with Crippen LogP contribution in [0.1, 0.15) is 67.8 Å². The number of nitrogen functional groups attached to an aromatic ring is 1. The first-order chi connectivity index (χ1) is 20.7. The van der Waals surface area contributed by atoms with Crippen molar-refractivity contribution in [3.05, 3.63) is 46.7 Å². The van der Waals surface area contributed by atoms with Gasteiger partial charge in [-0.15, -0.1) is 11.3 Å². The molecule has 3 aromatic heterocycles. The van der Waals surface area contributed by atoms with E-state index in [2.05, 4.69) is 36.7 Å². The van der Waals surface area contributed by atoms with Crippen molar-refractivity contribution in [3.63, 3.8) is 0 Å². The number of hydrogen-bond acceptors (Lipinski definition) is 11. The van der Waals surface area contributed by atoms with Crippen molar-refractivity contribution < 1.29 is 18.8 Å². The highest BCUT2D eigenvalue weighted by molar-refractivity contribution is 7.16. The fourth-order valence-electron chi connectivity index (χ4n) is 6.59. The van der Waals surface area contributed by atoms with Crippen molar-refractivity contribution in [2.75, 3.05) is 32.4 Å². The highest BCUT2D eigenvalue weighted by Crippen LogP contribution is 2.48. The van der Waals surface area contributed by atoms with Gasteiger partial charge in [-0.2, -0.15) is 10.2 Å². The van der Waals surface area contributed by atoms with E-state index in [9.17, 15) is 10.1 Å². The van der Waals surface area contributed by atoms with E-state index in [0.717, 1.165) is 55.5 Å². The van der Waals surface area contributed by atoms with E-state index in [1.807, 2.05) is 6.92 Å². The van der Waals surface area contributed by atoms with Crippen LogP contribution in [0.3, 0.4) is 0 Å². The van der Waals surface area contributed by atoms with E-state index in [-0.39, 0.29) is 18.1 Å². The number of anilines is 1. The lowest BCUT2D eigenvalue weighted by Crippen LogP contribution is -2.55. The molecule has 0 unspecified atom stereocenters. The predicted octanol–water partition coefficient (Wildman–Crippen LogP) is 4.32. The molecule has 6 rings (SSSR count). The Labute approximate surface area is 255 Å². The zero-order valence-corrected chi connectivity index (χ0v) is 25.7. The van der Waals surface area contributed by atoms with Crippen molar-refractivity contribution in [2.45, 2.75) is 76.0 Å². The second kappa shape index (κ2) is 11.6. The summed E-state index contributed by atoms with van der Waals surface area (Å²) in [5.74, 6) is 1.60. The van der Waals surface area contributed by atoms with E-state index >= 15 is 0 Å². The van der Waals surface area contributed by atoms with Crippen LogP contribution in [0.15, 0.2) is 29.3 Å². The normalized spacial score (nSPS) is 22.8. The number of amides is 1. The number of hydrogen-bond donors (Lipinski definition) is 1. The molecule has 0 saturated carbocycles. The first-order valence-corrected chi connectivity index (χ1v) is 15.7. The van der Waals surface area contributed by atoms with E-state index < -0.39 is 5.41 Å². The van der Waals surface area contributed by atoms with Crippen LogP contribution in [0.4, 0.5) is 5.00 Å². The van der Waals surface area contributed by atoms with Gasteiger partial charge in [-0.05, 0) is 65.1 Å². The number of likely N-dealkylation sites (N-methyl/N-ethyl adjacent to an activating group) is 1. The molecule has 3 aliphatic rings. The van der Waals surface area contributed by atoms with Crippen LogP contribution < -0.4 is 15.2 Å². The van der Waals surface area contributed by atoms with Crippen molar-refractivity contribution in [1.82, 2.24) is 24.9 Å². The number of ether oxygens (including phenoxy) is 2. The van der Waals surface area contributed by atoms with Crippen molar-refractivity contribution in [1.29, 1.82) is 5.26 Å². The highest BCUT2D eigenvalue weighted by Gasteiger charge is 2.43. The summed E-state index contributed by atoms with van der Waals surface area (Å²) < 4.78 is 18.7. The number of nitrogens with two attached hydrogens (primary N) is 1. The van der Waals surface area contributed by atoms with Crippen LogP contribution in [-0.4, -0.2) is 75.8 Å². The summed E-state index contributed by atoms with van der Waals surface area (Å²) in [6.07, 6.45) is 6.69. The van der Waals surface area contributed by atoms with Crippen molar-refractivity contribution in [3.8, 4) is 29.2 Å². The first-order valence-electron chi connectivity index (χ1n) is 14.9. The van der Waals surface area contributed by atoms with E-state index in [1.54, 1.807) is 17.0 Å². The molecule has 2 aliphatic heterocycles. The third-order valence-corrected chi connectivity index (χ3v) is 10.1. The van der Waals surface area contributed by atoms with Gasteiger partial charge in [-0.3, -0.25) is 9.69 Å². The summed E-state index contributed by atoms with van der Waals surface area (Å²) in [7, 11) is 2.13. The van der Waals surface area contributed by atoms with Crippen LogP contribution in [0.5, 0.6) is 11.6 Å². The topological polar surface area (TPSA) is 144 Å². The van der Waals surface area contributed by atoms with E-state index in [1.165, 1.54) is 17.4 Å². The molecule has 0 spiro atoms. The molecule has 2 fully saturated rings. The molecule has 1 amide bonds. The fraction of sp³-hybridized carbons (Fsp3) is 0.516. The third kappa shape index (κ3) is 5.36. The average Bonchev–Trinajstić information content (AvgIpc) is 3.72. The standard InChI is InChI=1S/C31H37N7O4S/c1-5-23(22-9-8-12-37(22)4)41-25-14-18(40-19-16-38(17-19)26(39)6-2)13-21(34-25)29-35-30(42-36-29)31(3)11-7-10-24-27(31)20(15-32)28(33)43-24/h6,13-14,19,22-23H,2,5,7-12,16-17,33H2,1,3-4H3/t22-,23-,31-/m0/s1. The van der Waals surface area contributed by atoms with Crippen LogP contribution >= 0.6 is 11.3 Å². The molecular weight excluding hydrogens is 566 g/mol. The number of likely N-dealkylation sites (tertiary alicyclic amines) is 2. The van der Waals surface area contributed by atoms with Crippen LogP contribution in [0.2, 0.25) is 0 Å². The van der Waals surface area contributed by atoms with Gasteiger partial charge in [0.2, 0.25) is 23.5 Å². The fourth-order valence-corrected chi connectivity index (χ4v) is 7.79. The van der Waals surface area contributed by atoms with E-state index in [0.29, 0.717) is 58.7 Å². The Morgan fingerprint density at radius 3 is 2.88 bits per heavy atom. The Bertz CT molecular complexity index is 1570. The number of carbonyl (C=O) groups is 1. The molecule has 2 N–H and O–H groups in total. The van der Waals surface area contributed by atoms with Gasteiger partial charge in [0.15, 0.2) is 0 Å². The maximum absolute atomic E-state index is 11.9. The molecule has 2 saturated heterocycles. The quantitative estimate of drug-likeness (QED) is 0.351. The van der Waals surface area contributed by atoms with Crippen LogP contribution in [0.25, 0.3) is 11.5 Å². The number of carbonyl (C=O) groups excluding carboxylic acids is 1. The molecule has 0 radical (unpaired) electrons. The molecule has 5 heterocycles. The van der Waals surface area contributed by atoms with Gasteiger partial charge >= 0.3 is 0 Å². The molecule has 226 valence electrons. The monoisotopic (exact) mass is 603 g/mol. The molecule has 0 bridgehead atoms. The van der Waals surface area contributed by atoms with Gasteiger partial charge in [0, 0.05) is 28.6 Å². The summed E-state index contributed by atoms with van der Waals surface area (Å²) in [5, 5.41) is 14.7. The Balaban J connectivity index is 1.32. The number of aryl methyl sites for hydroxylation is 1. The summed E-state index contributed by atoms with van der Waals surface area (Å²) >= 11 is 1.47. The summed E-state index contributed by atoms with van der Waals surface area (Å²) in [5.41, 5.74) is 7.42. The zero-order valence-electron chi connectivity index (χ0n) is 24.8. The lowest BCUT2D eigenvalue weighted by molar-refractivity contribution is -0.134. The minimum Gasteiger partial charge on any atom is -0.486 e. The number of aromatic nitrogens is 3. The van der Waals surface area contributed by atoms with Crippen molar-refractivity contribution >= 4 is 22.2 Å². The van der Waals surface area contributed by atoms with Gasteiger partial charge in [0.25, 0.3) is 0 Å². The lowest BCUT2D eigenvalue weighted by atomic mass is 9.72. The van der Waals surface area contributed by atoms with Gasteiger partial charge in [-0.25, -0.2) is 4.98 Å². The zero-order chi connectivity index (χ0) is 30.3. The number of fused-ring (bicyclic) bond motifs is 1. The lowest BCUT2D eigenvalue weighted by Gasteiger charge is -2.38. The maximum Gasteiger partial charge on any atom is 0.246 e. The Morgan fingerprint density at radius 2 is 2.19 bits per heavy atom. The Kier molecular flexibility index (Phi) is 7.87. The molecule has 3 atom stereocenters. The molecule has 11 nitrogen and oxygen atoms in total. The van der Waals surface area contributed by atoms with Crippen LogP contribution in [-0.2, 0) is 16.6 Å². The van der Waals surface area contributed by atoms with Crippen LogP contribution in [0, 0.1) is 11.3 Å². The Morgan fingerprint density at radius 1 is 1.37 bits per heavy atom. The molecule has 43 heavy (non-hydrogen) atoms. The smallest absolute Gasteiger partial charge is 0.246 e. The predicted molar refractivity (Wildman–Crippen MR) is 162 cm³/mol.